The largest absolute Gasteiger partial charge is 0.355 e. The van der Waals surface area contributed by atoms with Crippen molar-refractivity contribution in [3.8, 4) is 22.3 Å². The van der Waals surface area contributed by atoms with Crippen molar-refractivity contribution in [3.63, 3.8) is 0 Å². The van der Waals surface area contributed by atoms with Crippen LogP contribution in [0.3, 0.4) is 0 Å². The first kappa shape index (κ1) is 16.2. The van der Waals surface area contributed by atoms with Gasteiger partial charge in [-0.3, -0.25) is 0 Å². The molecule has 0 spiro atoms. The Balaban J connectivity index is 1.65. The van der Waals surface area contributed by atoms with Crippen LogP contribution in [0.1, 0.15) is 5.56 Å². The SMILES string of the molecule is Cc1ccc(-c2ccccc2)cc1Nc1cccc(-c2ccccc2)c1. The lowest BCUT2D eigenvalue weighted by atomic mass is 10.0. The third kappa shape index (κ3) is 3.52. The Labute approximate surface area is 155 Å². The number of anilines is 2. The van der Waals surface area contributed by atoms with Gasteiger partial charge in [0.1, 0.15) is 0 Å². The first-order chi connectivity index (χ1) is 12.8. The van der Waals surface area contributed by atoms with Crippen molar-refractivity contribution >= 4 is 11.4 Å². The van der Waals surface area contributed by atoms with Crippen LogP contribution in [0, 0.1) is 6.92 Å². The zero-order valence-corrected chi connectivity index (χ0v) is 14.8. The minimum absolute atomic E-state index is 1.10. The van der Waals surface area contributed by atoms with Crippen LogP contribution in [0.15, 0.2) is 103 Å². The summed E-state index contributed by atoms with van der Waals surface area (Å²) in [5, 5.41) is 3.59. The molecule has 0 amide bonds. The summed E-state index contributed by atoms with van der Waals surface area (Å²) in [6.07, 6.45) is 0. The maximum atomic E-state index is 3.59. The second-order valence-electron chi connectivity index (χ2n) is 6.47. The van der Waals surface area contributed by atoms with Gasteiger partial charge < -0.3 is 5.32 Å². The molecule has 0 fully saturated rings. The average Bonchev–Trinajstić information content (AvgIpc) is 2.71. The van der Waals surface area contributed by atoms with Crippen molar-refractivity contribution in [2.24, 2.45) is 0 Å². The quantitative estimate of drug-likeness (QED) is 0.420. The molecule has 4 aromatic carbocycles. The highest BCUT2D eigenvalue weighted by Gasteiger charge is 2.04. The number of benzene rings is 4. The Kier molecular flexibility index (Phi) is 4.53. The van der Waals surface area contributed by atoms with E-state index in [0.29, 0.717) is 0 Å². The van der Waals surface area contributed by atoms with Crippen LogP contribution in [-0.2, 0) is 0 Å². The Morgan fingerprint density at radius 2 is 1.08 bits per heavy atom. The normalized spacial score (nSPS) is 10.5. The lowest BCUT2D eigenvalue weighted by Crippen LogP contribution is -1.94. The molecule has 0 saturated carbocycles. The summed E-state index contributed by atoms with van der Waals surface area (Å²) >= 11 is 0. The van der Waals surface area contributed by atoms with Gasteiger partial charge in [-0.05, 0) is 52.9 Å². The molecule has 0 heterocycles. The smallest absolute Gasteiger partial charge is 0.0420 e. The molecule has 0 aliphatic rings. The van der Waals surface area contributed by atoms with E-state index in [1.165, 1.54) is 27.8 Å². The van der Waals surface area contributed by atoms with Crippen LogP contribution in [0.2, 0.25) is 0 Å². The number of rotatable bonds is 4. The van der Waals surface area contributed by atoms with Gasteiger partial charge in [-0.2, -0.15) is 0 Å². The summed E-state index contributed by atoms with van der Waals surface area (Å²) in [5.74, 6) is 0. The molecule has 0 aliphatic heterocycles. The summed E-state index contributed by atoms with van der Waals surface area (Å²) in [4.78, 5) is 0. The van der Waals surface area contributed by atoms with Gasteiger partial charge in [-0.15, -0.1) is 0 Å². The van der Waals surface area contributed by atoms with E-state index < -0.39 is 0 Å². The maximum Gasteiger partial charge on any atom is 0.0420 e. The van der Waals surface area contributed by atoms with E-state index in [9.17, 15) is 0 Å². The van der Waals surface area contributed by atoms with Crippen LogP contribution in [0.25, 0.3) is 22.3 Å². The number of hydrogen-bond donors (Lipinski definition) is 1. The van der Waals surface area contributed by atoms with E-state index in [0.717, 1.165) is 11.4 Å². The number of hydrogen-bond acceptors (Lipinski definition) is 1. The van der Waals surface area contributed by atoms with E-state index in [-0.39, 0.29) is 0 Å². The molecule has 0 radical (unpaired) electrons. The molecule has 1 nitrogen and oxygen atoms in total. The van der Waals surface area contributed by atoms with Gasteiger partial charge >= 0.3 is 0 Å². The highest BCUT2D eigenvalue weighted by Crippen LogP contribution is 2.29. The van der Waals surface area contributed by atoms with Gasteiger partial charge in [0.05, 0.1) is 0 Å². The van der Waals surface area contributed by atoms with Crippen molar-refractivity contribution in [3.05, 3.63) is 109 Å². The summed E-state index contributed by atoms with van der Waals surface area (Å²) in [6.45, 7) is 2.14. The Morgan fingerprint density at radius 3 is 1.73 bits per heavy atom. The van der Waals surface area contributed by atoms with Crippen LogP contribution < -0.4 is 5.32 Å². The van der Waals surface area contributed by atoms with Gasteiger partial charge in [-0.1, -0.05) is 84.9 Å². The Morgan fingerprint density at radius 1 is 0.500 bits per heavy atom. The fourth-order valence-corrected chi connectivity index (χ4v) is 3.13. The summed E-state index contributed by atoms with van der Waals surface area (Å²) in [5.41, 5.74) is 8.36. The predicted octanol–water partition coefficient (Wildman–Crippen LogP) is 7.07. The van der Waals surface area contributed by atoms with Crippen molar-refractivity contribution in [1.82, 2.24) is 0 Å². The first-order valence-electron chi connectivity index (χ1n) is 8.88. The van der Waals surface area contributed by atoms with E-state index in [1.807, 2.05) is 12.1 Å². The molecule has 1 heteroatoms. The maximum absolute atomic E-state index is 3.59. The fraction of sp³-hybridized carbons (Fsp3) is 0.0400. The molecule has 126 valence electrons. The van der Waals surface area contributed by atoms with E-state index in [4.69, 9.17) is 0 Å². The molecule has 4 aromatic rings. The molecule has 0 aromatic heterocycles. The lowest BCUT2D eigenvalue weighted by molar-refractivity contribution is 1.43. The molecule has 1 N–H and O–H groups in total. The summed E-state index contributed by atoms with van der Waals surface area (Å²) in [6, 6.07) is 36.1. The standard InChI is InChI=1S/C25H21N/c1-19-15-16-23(21-11-6-3-7-12-21)18-25(19)26-24-14-8-13-22(17-24)20-9-4-2-5-10-20/h2-18,26H,1H3. The van der Waals surface area contributed by atoms with Crippen molar-refractivity contribution in [2.75, 3.05) is 5.32 Å². The third-order valence-electron chi connectivity index (χ3n) is 4.59. The molecular weight excluding hydrogens is 314 g/mol. The zero-order valence-electron chi connectivity index (χ0n) is 14.8. The molecule has 26 heavy (non-hydrogen) atoms. The second kappa shape index (κ2) is 7.28. The van der Waals surface area contributed by atoms with Crippen molar-refractivity contribution in [2.45, 2.75) is 6.92 Å². The van der Waals surface area contributed by atoms with E-state index in [2.05, 4.69) is 103 Å². The van der Waals surface area contributed by atoms with Crippen LogP contribution >= 0.6 is 0 Å². The number of nitrogens with one attached hydrogen (secondary N) is 1. The molecule has 0 aliphatic carbocycles. The van der Waals surface area contributed by atoms with Gasteiger partial charge in [-0.25, -0.2) is 0 Å². The van der Waals surface area contributed by atoms with Crippen molar-refractivity contribution in [1.29, 1.82) is 0 Å². The van der Waals surface area contributed by atoms with Crippen LogP contribution in [-0.4, -0.2) is 0 Å². The highest BCUT2D eigenvalue weighted by molar-refractivity contribution is 5.75. The van der Waals surface area contributed by atoms with E-state index in [1.54, 1.807) is 0 Å². The Bertz CT molecular complexity index is 1000. The van der Waals surface area contributed by atoms with Gasteiger partial charge in [0.15, 0.2) is 0 Å². The van der Waals surface area contributed by atoms with Crippen molar-refractivity contribution < 1.29 is 0 Å². The van der Waals surface area contributed by atoms with Gasteiger partial charge in [0.2, 0.25) is 0 Å². The second-order valence-corrected chi connectivity index (χ2v) is 6.47. The lowest BCUT2D eigenvalue weighted by Gasteiger charge is -2.13. The summed E-state index contributed by atoms with van der Waals surface area (Å²) in [7, 11) is 0. The highest BCUT2D eigenvalue weighted by atomic mass is 14.9. The minimum atomic E-state index is 1.10. The molecule has 0 unspecified atom stereocenters. The average molecular weight is 335 g/mol. The molecule has 0 bridgehead atoms. The zero-order chi connectivity index (χ0) is 17.8. The van der Waals surface area contributed by atoms with Gasteiger partial charge in [0.25, 0.3) is 0 Å². The topological polar surface area (TPSA) is 12.0 Å². The Hall–Kier alpha value is -3.32. The van der Waals surface area contributed by atoms with Crippen LogP contribution in [0.4, 0.5) is 11.4 Å². The van der Waals surface area contributed by atoms with E-state index >= 15 is 0 Å². The molecular formula is C25H21N. The summed E-state index contributed by atoms with van der Waals surface area (Å²) < 4.78 is 0. The molecule has 4 rings (SSSR count). The first-order valence-corrected chi connectivity index (χ1v) is 8.88. The predicted molar refractivity (Wildman–Crippen MR) is 112 cm³/mol. The molecule has 0 atom stereocenters. The molecule has 0 saturated heterocycles. The van der Waals surface area contributed by atoms with Crippen LogP contribution in [0.5, 0.6) is 0 Å². The minimum Gasteiger partial charge on any atom is -0.355 e. The van der Waals surface area contributed by atoms with Gasteiger partial charge in [0, 0.05) is 11.4 Å². The fourth-order valence-electron chi connectivity index (χ4n) is 3.13. The third-order valence-corrected chi connectivity index (χ3v) is 4.59. The number of aryl methyl sites for hydroxylation is 1. The monoisotopic (exact) mass is 335 g/mol.